The Labute approximate surface area is 219 Å². The molecule has 0 amide bonds. The average Bonchev–Trinajstić information content (AvgIpc) is 3.44. The highest BCUT2D eigenvalue weighted by Gasteiger charge is 2.26. The molecule has 3 aromatic heterocycles. The van der Waals surface area contributed by atoms with Crippen LogP contribution in [-0.2, 0) is 6.54 Å². The number of fused-ring (bicyclic) bond motifs is 3. The van der Waals surface area contributed by atoms with Crippen molar-refractivity contribution in [2.24, 2.45) is 0 Å². The van der Waals surface area contributed by atoms with Gasteiger partial charge >= 0.3 is 0 Å². The Morgan fingerprint density at radius 1 is 0.763 bits per heavy atom. The third kappa shape index (κ3) is 4.73. The van der Waals surface area contributed by atoms with Gasteiger partial charge in [-0.15, -0.1) is 0 Å². The molecule has 0 unspecified atom stereocenters. The molecule has 8 heteroatoms. The van der Waals surface area contributed by atoms with Crippen LogP contribution in [0.3, 0.4) is 0 Å². The molecule has 0 atom stereocenters. The summed E-state index contributed by atoms with van der Waals surface area (Å²) in [5.74, 6) is -0.537. The van der Waals surface area contributed by atoms with Gasteiger partial charge < -0.3 is 9.47 Å². The lowest BCUT2D eigenvalue weighted by Crippen LogP contribution is -2.48. The van der Waals surface area contributed by atoms with Crippen molar-refractivity contribution < 1.29 is 8.78 Å². The molecule has 1 aliphatic heterocycles. The summed E-state index contributed by atoms with van der Waals surface area (Å²) in [6, 6.07) is 20.6. The first kappa shape index (κ1) is 24.5. The first-order chi connectivity index (χ1) is 18.6. The molecular weight excluding hydrogens is 484 g/mol. The summed E-state index contributed by atoms with van der Waals surface area (Å²) in [6.45, 7) is 4.94. The smallest absolute Gasteiger partial charge is 0.275 e. The fourth-order valence-corrected chi connectivity index (χ4v) is 5.60. The van der Waals surface area contributed by atoms with Crippen LogP contribution in [0.2, 0.25) is 0 Å². The Hall–Kier alpha value is -3.88. The molecule has 0 bridgehead atoms. The molecule has 0 N–H and O–H groups in total. The van der Waals surface area contributed by atoms with Crippen LogP contribution in [0.25, 0.3) is 16.7 Å². The molecule has 0 aliphatic carbocycles. The summed E-state index contributed by atoms with van der Waals surface area (Å²) < 4.78 is 30.9. The third-order valence-electron chi connectivity index (χ3n) is 7.50. The molecule has 0 radical (unpaired) electrons. The van der Waals surface area contributed by atoms with Gasteiger partial charge in [0.2, 0.25) is 0 Å². The van der Waals surface area contributed by atoms with Gasteiger partial charge in [-0.3, -0.25) is 14.1 Å². The zero-order chi connectivity index (χ0) is 26.1. The molecule has 1 saturated heterocycles. The van der Waals surface area contributed by atoms with E-state index in [0.717, 1.165) is 61.4 Å². The van der Waals surface area contributed by atoms with Crippen LogP contribution in [-0.4, -0.2) is 56.5 Å². The van der Waals surface area contributed by atoms with Crippen LogP contribution in [0.4, 0.5) is 8.78 Å². The van der Waals surface area contributed by atoms with E-state index in [1.165, 1.54) is 24.3 Å². The van der Waals surface area contributed by atoms with Gasteiger partial charge in [0, 0.05) is 45.1 Å². The standard InChI is InChI=1S/C30H29F2N5O/c31-24-10-6-22(7-11-24)28(23-8-12-25(32)13-9-23)35-20-18-34(19-21-35)15-3-17-37-26-4-1-14-33-29(26)36-16-2-5-27(36)30(37)38/h1-2,4-14,16,28H,3,15,17-21H2. The molecule has 1 aliphatic rings. The molecule has 1 fully saturated rings. The molecule has 6 nitrogen and oxygen atoms in total. The number of hydrogen-bond acceptors (Lipinski definition) is 4. The highest BCUT2D eigenvalue weighted by molar-refractivity contribution is 5.74. The number of hydrogen-bond donors (Lipinski definition) is 0. The lowest BCUT2D eigenvalue weighted by Gasteiger charge is -2.40. The monoisotopic (exact) mass is 513 g/mol. The van der Waals surface area contributed by atoms with E-state index in [4.69, 9.17) is 0 Å². The lowest BCUT2D eigenvalue weighted by atomic mass is 9.96. The second-order valence-electron chi connectivity index (χ2n) is 9.80. The van der Waals surface area contributed by atoms with Gasteiger partial charge in [-0.2, -0.15) is 0 Å². The molecule has 0 saturated carbocycles. The number of pyridine rings is 1. The van der Waals surface area contributed by atoms with Gasteiger partial charge in [0.1, 0.15) is 17.2 Å². The van der Waals surface area contributed by atoms with Crippen LogP contribution >= 0.6 is 0 Å². The fourth-order valence-electron chi connectivity index (χ4n) is 5.60. The van der Waals surface area contributed by atoms with Crippen molar-refractivity contribution in [1.29, 1.82) is 0 Å². The molecule has 5 aromatic rings. The van der Waals surface area contributed by atoms with Crippen LogP contribution < -0.4 is 5.56 Å². The van der Waals surface area contributed by atoms with Gasteiger partial charge in [-0.1, -0.05) is 24.3 Å². The number of benzene rings is 2. The predicted molar refractivity (Wildman–Crippen MR) is 144 cm³/mol. The van der Waals surface area contributed by atoms with Gasteiger partial charge in [-0.05, 0) is 72.6 Å². The number of nitrogens with zero attached hydrogens (tertiary/aromatic N) is 5. The Bertz CT molecular complexity index is 1560. The number of aromatic nitrogens is 3. The van der Waals surface area contributed by atoms with E-state index < -0.39 is 0 Å². The Morgan fingerprint density at radius 2 is 1.39 bits per heavy atom. The molecule has 0 spiro atoms. The minimum Gasteiger partial charge on any atom is -0.304 e. The van der Waals surface area contributed by atoms with Crippen LogP contribution in [0, 0.1) is 11.6 Å². The molecule has 38 heavy (non-hydrogen) atoms. The fraction of sp³-hybridized carbons (Fsp3) is 0.267. The van der Waals surface area contributed by atoms with Crippen LogP contribution in [0.1, 0.15) is 23.6 Å². The second kappa shape index (κ2) is 10.5. The molecule has 2 aromatic carbocycles. The van der Waals surface area contributed by atoms with Gasteiger partial charge in [0.15, 0.2) is 5.65 Å². The molecule has 194 valence electrons. The SMILES string of the molecule is O=c1c2cccn2c2ncccc2n1CCCN1CCN(C(c2ccc(F)cc2)c2ccc(F)cc2)CC1. The van der Waals surface area contributed by atoms with E-state index in [-0.39, 0.29) is 23.2 Å². The number of aryl methyl sites for hydroxylation is 1. The Morgan fingerprint density at radius 3 is 2.05 bits per heavy atom. The highest BCUT2D eigenvalue weighted by Crippen LogP contribution is 2.30. The zero-order valence-electron chi connectivity index (χ0n) is 21.0. The van der Waals surface area contributed by atoms with Crippen LogP contribution in [0.5, 0.6) is 0 Å². The number of piperazine rings is 1. The predicted octanol–water partition coefficient (Wildman–Crippen LogP) is 4.72. The van der Waals surface area contributed by atoms with Crippen molar-refractivity contribution in [2.45, 2.75) is 19.0 Å². The van der Waals surface area contributed by atoms with Gasteiger partial charge in [0.25, 0.3) is 5.56 Å². The summed E-state index contributed by atoms with van der Waals surface area (Å²) >= 11 is 0. The maximum Gasteiger partial charge on any atom is 0.275 e. The van der Waals surface area contributed by atoms with Crippen molar-refractivity contribution in [3.63, 3.8) is 0 Å². The molecule has 6 rings (SSSR count). The van der Waals surface area contributed by atoms with Crippen molar-refractivity contribution in [2.75, 3.05) is 32.7 Å². The third-order valence-corrected chi connectivity index (χ3v) is 7.50. The number of halogens is 2. The van der Waals surface area contributed by atoms with Crippen molar-refractivity contribution in [3.05, 3.63) is 118 Å². The van der Waals surface area contributed by atoms with E-state index in [1.807, 2.05) is 63.7 Å². The topological polar surface area (TPSA) is 45.8 Å². The Kier molecular flexibility index (Phi) is 6.74. The lowest BCUT2D eigenvalue weighted by molar-refractivity contribution is 0.108. The van der Waals surface area contributed by atoms with E-state index in [9.17, 15) is 13.6 Å². The minimum absolute atomic E-state index is 0.00163. The first-order valence-corrected chi connectivity index (χ1v) is 13.0. The zero-order valence-corrected chi connectivity index (χ0v) is 21.0. The second-order valence-corrected chi connectivity index (χ2v) is 9.80. The summed E-state index contributed by atoms with van der Waals surface area (Å²) in [5, 5.41) is 0. The maximum atomic E-state index is 13.6. The van der Waals surface area contributed by atoms with E-state index in [2.05, 4.69) is 14.8 Å². The Balaban J connectivity index is 1.14. The van der Waals surface area contributed by atoms with Gasteiger partial charge in [-0.25, -0.2) is 13.8 Å². The number of rotatable bonds is 7. The van der Waals surface area contributed by atoms with Crippen molar-refractivity contribution in [3.8, 4) is 0 Å². The van der Waals surface area contributed by atoms with E-state index in [0.29, 0.717) is 12.1 Å². The quantitative estimate of drug-likeness (QED) is 0.316. The summed E-state index contributed by atoms with van der Waals surface area (Å²) in [6.07, 6.45) is 4.47. The summed E-state index contributed by atoms with van der Waals surface area (Å²) in [4.78, 5) is 22.5. The normalized spacial score (nSPS) is 15.1. The van der Waals surface area contributed by atoms with E-state index >= 15 is 0 Å². The largest absolute Gasteiger partial charge is 0.304 e. The van der Waals surface area contributed by atoms with E-state index in [1.54, 1.807) is 6.20 Å². The van der Waals surface area contributed by atoms with Crippen LogP contribution in [0.15, 0.2) is 90.0 Å². The molecule has 4 heterocycles. The summed E-state index contributed by atoms with van der Waals surface area (Å²) in [5.41, 5.74) is 4.25. The average molecular weight is 514 g/mol. The summed E-state index contributed by atoms with van der Waals surface area (Å²) in [7, 11) is 0. The minimum atomic E-state index is -0.268. The maximum absolute atomic E-state index is 13.6. The molecular formula is C30H29F2N5O. The van der Waals surface area contributed by atoms with Crippen molar-refractivity contribution >= 4 is 16.7 Å². The first-order valence-electron chi connectivity index (χ1n) is 13.0. The van der Waals surface area contributed by atoms with Crippen molar-refractivity contribution in [1.82, 2.24) is 23.8 Å². The van der Waals surface area contributed by atoms with Gasteiger partial charge in [0.05, 0.1) is 11.6 Å². The highest BCUT2D eigenvalue weighted by atomic mass is 19.1.